The Morgan fingerprint density at radius 3 is 2.73 bits per heavy atom. The lowest BCUT2D eigenvalue weighted by molar-refractivity contribution is 0.0527. The van der Waals surface area contributed by atoms with Crippen LogP contribution < -0.4 is 15.4 Å². The molecule has 0 bridgehead atoms. The Morgan fingerprint density at radius 1 is 1.27 bits per heavy atom. The maximum Gasteiger partial charge on any atom is 0.343 e. The minimum atomic E-state index is -0.480. The van der Waals surface area contributed by atoms with Crippen molar-refractivity contribution < 1.29 is 19.1 Å². The van der Waals surface area contributed by atoms with Gasteiger partial charge in [0, 0.05) is 18.8 Å². The van der Waals surface area contributed by atoms with Gasteiger partial charge in [0.15, 0.2) is 10.9 Å². The first-order chi connectivity index (χ1) is 14.3. The number of benzene rings is 1. The zero-order valence-electron chi connectivity index (χ0n) is 17.4. The number of hydrogen-bond acceptors (Lipinski definition) is 8. The zero-order valence-corrected chi connectivity index (χ0v) is 18.2. The van der Waals surface area contributed by atoms with E-state index < -0.39 is 5.97 Å². The van der Waals surface area contributed by atoms with E-state index in [0.717, 1.165) is 22.5 Å². The van der Waals surface area contributed by atoms with Crippen LogP contribution in [-0.4, -0.2) is 40.4 Å². The lowest BCUT2D eigenvalue weighted by Crippen LogP contribution is -2.12. The van der Waals surface area contributed by atoms with Gasteiger partial charge >= 0.3 is 5.97 Å². The molecule has 9 nitrogen and oxygen atoms in total. The molecule has 0 fully saturated rings. The van der Waals surface area contributed by atoms with Gasteiger partial charge in [0.05, 0.1) is 25.6 Å². The summed E-state index contributed by atoms with van der Waals surface area (Å²) < 4.78 is 11.9. The van der Waals surface area contributed by atoms with Gasteiger partial charge in [-0.3, -0.25) is 9.48 Å². The first kappa shape index (κ1) is 21.3. The van der Waals surface area contributed by atoms with Gasteiger partial charge in [-0.15, -0.1) is 0 Å². The number of anilines is 3. The highest BCUT2D eigenvalue weighted by Crippen LogP contribution is 2.30. The number of esters is 1. The van der Waals surface area contributed by atoms with E-state index in [2.05, 4.69) is 20.7 Å². The third kappa shape index (κ3) is 4.43. The summed E-state index contributed by atoms with van der Waals surface area (Å²) in [6.07, 6.45) is 3.04. The maximum atomic E-state index is 12.7. The van der Waals surface area contributed by atoms with Crippen molar-refractivity contribution >= 4 is 39.9 Å². The van der Waals surface area contributed by atoms with Crippen molar-refractivity contribution in [3.63, 3.8) is 0 Å². The van der Waals surface area contributed by atoms with E-state index in [-0.39, 0.29) is 12.5 Å². The van der Waals surface area contributed by atoms with Crippen LogP contribution in [0.5, 0.6) is 5.75 Å². The second-order valence-corrected chi connectivity index (χ2v) is 7.51. The number of rotatable bonds is 7. The number of nitrogens with zero attached hydrogens (tertiary/aromatic N) is 3. The molecule has 0 radical (unpaired) electrons. The summed E-state index contributed by atoms with van der Waals surface area (Å²) in [4.78, 5) is 29.5. The number of amides is 1. The van der Waals surface area contributed by atoms with Crippen molar-refractivity contribution in [3.05, 3.63) is 46.1 Å². The van der Waals surface area contributed by atoms with Crippen LogP contribution in [0.25, 0.3) is 0 Å². The van der Waals surface area contributed by atoms with Gasteiger partial charge < -0.3 is 20.1 Å². The standard InChI is InChI=1S/C20H23N5O4S/c1-6-29-19(27)13-10-25(4)24-17(13)23-20-21-9-15(30-20)18(26)22-16-11(2)7-8-14(28-5)12(16)3/h7-10H,6H2,1-5H3,(H,22,26)(H,21,23,24). The third-order valence-electron chi connectivity index (χ3n) is 4.36. The molecule has 0 unspecified atom stereocenters. The predicted octanol–water partition coefficient (Wildman–Crippen LogP) is 3.67. The lowest BCUT2D eigenvalue weighted by Gasteiger charge is -2.14. The molecule has 3 rings (SSSR count). The fourth-order valence-electron chi connectivity index (χ4n) is 2.89. The summed E-state index contributed by atoms with van der Waals surface area (Å²) >= 11 is 1.15. The smallest absolute Gasteiger partial charge is 0.343 e. The summed E-state index contributed by atoms with van der Waals surface area (Å²) in [6, 6.07) is 3.75. The number of carbonyl (C=O) groups is 2. The number of nitrogens with one attached hydrogen (secondary N) is 2. The van der Waals surface area contributed by atoms with Crippen LogP contribution in [-0.2, 0) is 11.8 Å². The maximum absolute atomic E-state index is 12.7. The Balaban J connectivity index is 1.78. The molecule has 0 atom stereocenters. The number of aryl methyl sites for hydroxylation is 2. The van der Waals surface area contributed by atoms with Crippen LogP contribution in [0.15, 0.2) is 24.5 Å². The Hall–Kier alpha value is -3.40. The van der Waals surface area contributed by atoms with E-state index >= 15 is 0 Å². The fourth-order valence-corrected chi connectivity index (χ4v) is 3.60. The summed E-state index contributed by atoms with van der Waals surface area (Å²) in [6.45, 7) is 5.80. The molecule has 0 saturated heterocycles. The van der Waals surface area contributed by atoms with Crippen LogP contribution in [0.1, 0.15) is 38.1 Å². The fraction of sp³-hybridized carbons (Fsp3) is 0.300. The predicted molar refractivity (Wildman–Crippen MR) is 115 cm³/mol. The van der Waals surface area contributed by atoms with E-state index in [9.17, 15) is 9.59 Å². The SMILES string of the molecule is CCOC(=O)c1cn(C)nc1Nc1ncc(C(=O)Nc2c(C)ccc(OC)c2C)s1. The molecule has 1 amide bonds. The second kappa shape index (κ2) is 8.95. The normalized spacial score (nSPS) is 10.6. The number of thiazole rings is 1. The average Bonchev–Trinajstić information content (AvgIpc) is 3.32. The third-order valence-corrected chi connectivity index (χ3v) is 5.27. The molecule has 2 aromatic heterocycles. The Bertz CT molecular complexity index is 1090. The van der Waals surface area contributed by atoms with Crippen molar-refractivity contribution in [2.45, 2.75) is 20.8 Å². The van der Waals surface area contributed by atoms with Gasteiger partial charge in [0.25, 0.3) is 5.91 Å². The van der Waals surface area contributed by atoms with Crippen LogP contribution in [0.2, 0.25) is 0 Å². The van der Waals surface area contributed by atoms with Gasteiger partial charge in [0.1, 0.15) is 16.2 Å². The van der Waals surface area contributed by atoms with E-state index in [0.29, 0.717) is 32.8 Å². The average molecular weight is 430 g/mol. The van der Waals surface area contributed by atoms with Crippen LogP contribution in [0.3, 0.4) is 0 Å². The molecular formula is C20H23N5O4S. The monoisotopic (exact) mass is 429 g/mol. The number of aromatic nitrogens is 3. The second-order valence-electron chi connectivity index (χ2n) is 6.48. The molecule has 3 aromatic rings. The molecule has 1 aromatic carbocycles. The Labute approximate surface area is 178 Å². The topological polar surface area (TPSA) is 107 Å². The molecular weight excluding hydrogens is 406 g/mol. The van der Waals surface area contributed by atoms with E-state index in [1.165, 1.54) is 10.9 Å². The molecule has 30 heavy (non-hydrogen) atoms. The van der Waals surface area contributed by atoms with E-state index in [1.807, 2.05) is 26.0 Å². The van der Waals surface area contributed by atoms with Crippen molar-refractivity contribution in [2.24, 2.45) is 7.05 Å². The van der Waals surface area contributed by atoms with E-state index in [1.54, 1.807) is 27.3 Å². The van der Waals surface area contributed by atoms with Gasteiger partial charge in [0.2, 0.25) is 0 Å². The molecule has 10 heteroatoms. The van der Waals surface area contributed by atoms with Crippen molar-refractivity contribution in [1.29, 1.82) is 0 Å². The first-order valence-corrected chi connectivity index (χ1v) is 10.0. The van der Waals surface area contributed by atoms with Crippen molar-refractivity contribution in [3.8, 4) is 5.75 Å². The zero-order chi connectivity index (χ0) is 21.8. The van der Waals surface area contributed by atoms with Gasteiger partial charge in [-0.25, -0.2) is 9.78 Å². The molecule has 2 N–H and O–H groups in total. The molecule has 0 aliphatic carbocycles. The van der Waals surface area contributed by atoms with Gasteiger partial charge in [-0.2, -0.15) is 5.10 Å². The summed E-state index contributed by atoms with van der Waals surface area (Å²) in [5.74, 6) is 0.249. The highest BCUT2D eigenvalue weighted by Gasteiger charge is 2.19. The van der Waals surface area contributed by atoms with Crippen LogP contribution in [0, 0.1) is 13.8 Å². The summed E-state index contributed by atoms with van der Waals surface area (Å²) in [5.41, 5.74) is 2.78. The van der Waals surface area contributed by atoms with Crippen LogP contribution >= 0.6 is 11.3 Å². The molecule has 0 spiro atoms. The molecule has 0 aliphatic heterocycles. The number of carbonyl (C=O) groups excluding carboxylic acids is 2. The largest absolute Gasteiger partial charge is 0.496 e. The first-order valence-electron chi connectivity index (χ1n) is 9.23. The van der Waals surface area contributed by atoms with E-state index in [4.69, 9.17) is 9.47 Å². The summed E-state index contributed by atoms with van der Waals surface area (Å²) in [5, 5.41) is 10.6. The molecule has 0 aliphatic rings. The number of hydrogen-bond donors (Lipinski definition) is 2. The lowest BCUT2D eigenvalue weighted by atomic mass is 10.1. The highest BCUT2D eigenvalue weighted by atomic mass is 32.1. The van der Waals surface area contributed by atoms with Gasteiger partial charge in [-0.1, -0.05) is 17.4 Å². The molecule has 158 valence electrons. The number of methoxy groups -OCH3 is 1. The Kier molecular flexibility index (Phi) is 6.36. The highest BCUT2D eigenvalue weighted by molar-refractivity contribution is 7.17. The Morgan fingerprint density at radius 2 is 2.03 bits per heavy atom. The molecule has 2 heterocycles. The van der Waals surface area contributed by atoms with Crippen molar-refractivity contribution in [2.75, 3.05) is 24.4 Å². The number of ether oxygens (including phenoxy) is 2. The minimum absolute atomic E-state index is 0.262. The quantitative estimate of drug-likeness (QED) is 0.552. The molecule has 0 saturated carbocycles. The van der Waals surface area contributed by atoms with Crippen LogP contribution in [0.4, 0.5) is 16.6 Å². The van der Waals surface area contributed by atoms with Crippen molar-refractivity contribution in [1.82, 2.24) is 14.8 Å². The van der Waals surface area contributed by atoms with Gasteiger partial charge in [-0.05, 0) is 32.4 Å². The summed E-state index contributed by atoms with van der Waals surface area (Å²) in [7, 11) is 3.29. The minimum Gasteiger partial charge on any atom is -0.496 e.